The fraction of sp³-hybridized carbons (Fsp3) is 0.350. The Kier molecular flexibility index (Phi) is 5.71. The number of benzene rings is 2. The summed E-state index contributed by atoms with van der Waals surface area (Å²) in [7, 11) is 0. The molecule has 0 spiro atoms. The fourth-order valence-electron chi connectivity index (χ4n) is 3.06. The lowest BCUT2D eigenvalue weighted by Gasteiger charge is -2.21. The van der Waals surface area contributed by atoms with E-state index in [2.05, 4.69) is 5.32 Å². The van der Waals surface area contributed by atoms with Gasteiger partial charge < -0.3 is 10.2 Å². The molecule has 0 aromatic heterocycles. The first-order chi connectivity index (χ1) is 12.0. The molecule has 2 atom stereocenters. The van der Waals surface area contributed by atoms with Crippen LogP contribution in [0.3, 0.4) is 0 Å². The van der Waals surface area contributed by atoms with Crippen LogP contribution in [0.15, 0.2) is 48.5 Å². The van der Waals surface area contributed by atoms with Gasteiger partial charge in [-0.15, -0.1) is 0 Å². The molecule has 3 nitrogen and oxygen atoms in total. The molecule has 1 fully saturated rings. The number of hydrogen-bond acceptors (Lipinski definition) is 1. The van der Waals surface area contributed by atoms with E-state index < -0.39 is 0 Å². The van der Waals surface area contributed by atoms with E-state index in [9.17, 15) is 9.18 Å². The minimum Gasteiger partial charge on any atom is -0.345 e. The monoisotopic (exact) mass is 361 g/mol. The predicted octanol–water partition coefficient (Wildman–Crippen LogP) is 2.90. The highest BCUT2D eigenvalue weighted by Gasteiger charge is 2.35. The van der Waals surface area contributed by atoms with Crippen LogP contribution in [0.5, 0.6) is 0 Å². The van der Waals surface area contributed by atoms with Crippen LogP contribution in [0.4, 0.5) is 4.39 Å². The number of carbonyl (C=O) groups is 1. The molecular formula is C20H23ClFN2O+. The van der Waals surface area contributed by atoms with Gasteiger partial charge in [-0.25, -0.2) is 4.39 Å². The molecule has 1 saturated carbocycles. The maximum atomic E-state index is 13.9. The summed E-state index contributed by atoms with van der Waals surface area (Å²) in [5.41, 5.74) is 1.68. The zero-order valence-corrected chi connectivity index (χ0v) is 15.0. The number of halogens is 2. The molecule has 3 rings (SSSR count). The summed E-state index contributed by atoms with van der Waals surface area (Å²) in [6, 6.07) is 14.6. The summed E-state index contributed by atoms with van der Waals surface area (Å²) >= 11 is 5.90. The zero-order chi connectivity index (χ0) is 17.8. The van der Waals surface area contributed by atoms with Gasteiger partial charge in [-0.3, -0.25) is 4.79 Å². The highest BCUT2D eigenvalue weighted by Crippen LogP contribution is 2.17. The molecule has 0 heterocycles. The van der Waals surface area contributed by atoms with E-state index in [0.29, 0.717) is 29.7 Å². The maximum absolute atomic E-state index is 13.9. The summed E-state index contributed by atoms with van der Waals surface area (Å²) in [6.07, 6.45) is 2.20. The van der Waals surface area contributed by atoms with Gasteiger partial charge in [0.15, 0.2) is 6.54 Å². The Hall–Kier alpha value is -1.91. The van der Waals surface area contributed by atoms with E-state index in [1.165, 1.54) is 6.07 Å². The molecular weight excluding hydrogens is 339 g/mol. The Bertz CT molecular complexity index is 731. The van der Waals surface area contributed by atoms with Gasteiger partial charge in [-0.05, 0) is 30.7 Å². The van der Waals surface area contributed by atoms with Crippen molar-refractivity contribution in [3.05, 3.63) is 70.5 Å². The molecule has 5 heteroatoms. The van der Waals surface area contributed by atoms with Gasteiger partial charge in [0.05, 0.1) is 12.1 Å². The summed E-state index contributed by atoms with van der Waals surface area (Å²) in [6.45, 7) is 2.85. The second-order valence-corrected chi connectivity index (χ2v) is 7.15. The number of hydrogen-bond donors (Lipinski definition) is 2. The first kappa shape index (κ1) is 17.9. The van der Waals surface area contributed by atoms with Crippen molar-refractivity contribution in [2.45, 2.75) is 38.4 Å². The van der Waals surface area contributed by atoms with Crippen molar-refractivity contribution < 1.29 is 14.1 Å². The zero-order valence-electron chi connectivity index (χ0n) is 14.3. The van der Waals surface area contributed by atoms with Crippen molar-refractivity contribution in [1.82, 2.24) is 5.32 Å². The number of amides is 1. The van der Waals surface area contributed by atoms with Crippen LogP contribution in [-0.2, 0) is 11.3 Å². The molecule has 25 heavy (non-hydrogen) atoms. The SMILES string of the molecule is C[C@@H](NC(=O)C[NH+](Cc1ccccc1F)C1CC1)c1ccc(Cl)cc1. The molecule has 1 unspecified atom stereocenters. The maximum Gasteiger partial charge on any atom is 0.275 e. The second kappa shape index (κ2) is 7.98. The van der Waals surface area contributed by atoms with Crippen molar-refractivity contribution in [3.8, 4) is 0 Å². The van der Waals surface area contributed by atoms with Gasteiger partial charge in [0.25, 0.3) is 5.91 Å². The molecule has 132 valence electrons. The first-order valence-electron chi connectivity index (χ1n) is 8.65. The molecule has 0 radical (unpaired) electrons. The van der Waals surface area contributed by atoms with Crippen molar-refractivity contribution >= 4 is 17.5 Å². The van der Waals surface area contributed by atoms with Crippen molar-refractivity contribution in [2.75, 3.05) is 6.54 Å². The van der Waals surface area contributed by atoms with Crippen LogP contribution >= 0.6 is 11.6 Å². The van der Waals surface area contributed by atoms with Gasteiger partial charge >= 0.3 is 0 Å². The topological polar surface area (TPSA) is 33.5 Å². The summed E-state index contributed by atoms with van der Waals surface area (Å²) in [5, 5.41) is 3.71. The molecule has 0 bridgehead atoms. The summed E-state index contributed by atoms with van der Waals surface area (Å²) < 4.78 is 13.9. The fourth-order valence-corrected chi connectivity index (χ4v) is 3.19. The van der Waals surface area contributed by atoms with Gasteiger partial charge in [-0.2, -0.15) is 0 Å². The Morgan fingerprint density at radius 1 is 1.24 bits per heavy atom. The molecule has 0 aliphatic heterocycles. The van der Waals surface area contributed by atoms with Gasteiger partial charge in [0.2, 0.25) is 0 Å². The standard InChI is InChI=1S/C20H22ClFN2O/c1-14(15-6-8-17(21)9-7-15)23-20(25)13-24(18-10-11-18)12-16-4-2-3-5-19(16)22/h2-9,14,18H,10-13H2,1H3,(H,23,25)/p+1/t14-/m1/s1. The van der Waals surface area contributed by atoms with Crippen LogP contribution in [0, 0.1) is 5.82 Å². The predicted molar refractivity (Wildman–Crippen MR) is 97.0 cm³/mol. The molecule has 1 aliphatic carbocycles. The number of rotatable bonds is 7. The Morgan fingerprint density at radius 2 is 1.92 bits per heavy atom. The average molecular weight is 362 g/mol. The lowest BCUT2D eigenvalue weighted by atomic mass is 10.1. The first-order valence-corrected chi connectivity index (χ1v) is 9.03. The van der Waals surface area contributed by atoms with Crippen molar-refractivity contribution in [2.24, 2.45) is 0 Å². The minimum atomic E-state index is -0.199. The number of nitrogens with one attached hydrogen (secondary N) is 2. The van der Waals surface area contributed by atoms with Crippen LogP contribution in [0.25, 0.3) is 0 Å². The van der Waals surface area contributed by atoms with E-state index in [0.717, 1.165) is 23.3 Å². The quantitative estimate of drug-likeness (QED) is 0.781. The largest absolute Gasteiger partial charge is 0.345 e. The second-order valence-electron chi connectivity index (χ2n) is 6.72. The molecule has 2 N–H and O–H groups in total. The summed E-state index contributed by atoms with van der Waals surface area (Å²) in [5.74, 6) is -0.212. The van der Waals surface area contributed by atoms with E-state index in [1.807, 2.05) is 37.3 Å². The van der Waals surface area contributed by atoms with Crippen LogP contribution in [0.1, 0.15) is 36.9 Å². The third-order valence-electron chi connectivity index (χ3n) is 4.67. The van der Waals surface area contributed by atoms with Crippen LogP contribution in [0.2, 0.25) is 5.02 Å². The van der Waals surface area contributed by atoms with Crippen LogP contribution < -0.4 is 10.2 Å². The highest BCUT2D eigenvalue weighted by molar-refractivity contribution is 6.30. The number of quaternary nitrogens is 1. The molecule has 2 aromatic carbocycles. The Labute approximate surface area is 152 Å². The minimum absolute atomic E-state index is 0.0133. The average Bonchev–Trinajstić information content (AvgIpc) is 3.41. The highest BCUT2D eigenvalue weighted by atomic mass is 35.5. The summed E-state index contributed by atoms with van der Waals surface area (Å²) in [4.78, 5) is 13.6. The Morgan fingerprint density at radius 3 is 2.56 bits per heavy atom. The lowest BCUT2D eigenvalue weighted by molar-refractivity contribution is -0.917. The molecule has 1 aliphatic rings. The molecule has 2 aromatic rings. The van der Waals surface area contributed by atoms with Crippen LogP contribution in [-0.4, -0.2) is 18.5 Å². The third-order valence-corrected chi connectivity index (χ3v) is 4.92. The molecule has 1 amide bonds. The Balaban J connectivity index is 1.59. The molecule has 0 saturated heterocycles. The van der Waals surface area contributed by atoms with E-state index in [1.54, 1.807) is 12.1 Å². The van der Waals surface area contributed by atoms with Gasteiger partial charge in [0.1, 0.15) is 12.4 Å². The van der Waals surface area contributed by atoms with E-state index >= 15 is 0 Å². The smallest absolute Gasteiger partial charge is 0.275 e. The van der Waals surface area contributed by atoms with Gasteiger partial charge in [-0.1, -0.05) is 41.9 Å². The third kappa shape index (κ3) is 5.03. The van der Waals surface area contributed by atoms with E-state index in [4.69, 9.17) is 11.6 Å². The number of carbonyl (C=O) groups excluding carboxylic acids is 1. The lowest BCUT2D eigenvalue weighted by Crippen LogP contribution is -3.13. The normalized spacial score (nSPS) is 16.3. The van der Waals surface area contributed by atoms with Gasteiger partial charge in [0, 0.05) is 23.4 Å². The van der Waals surface area contributed by atoms with E-state index in [-0.39, 0.29) is 17.8 Å². The van der Waals surface area contributed by atoms with Crippen molar-refractivity contribution in [3.63, 3.8) is 0 Å². The van der Waals surface area contributed by atoms with Crippen molar-refractivity contribution in [1.29, 1.82) is 0 Å².